The molecule has 0 bridgehead atoms. The Kier molecular flexibility index (Phi) is 4.75. The van der Waals surface area contributed by atoms with E-state index in [1.54, 1.807) is 12.1 Å². The molecule has 7 nitrogen and oxygen atoms in total. The number of nitrogens with zero attached hydrogens (tertiary/aromatic N) is 2. The number of nitro benzene ring substituents is 1. The molecular formula is C15H14N2O5S. The molecule has 0 radical (unpaired) electrons. The summed E-state index contributed by atoms with van der Waals surface area (Å²) in [5.41, 5.74) is 1.01. The van der Waals surface area contributed by atoms with E-state index in [0.717, 1.165) is 5.56 Å². The lowest BCUT2D eigenvalue weighted by atomic mass is 10.1. The summed E-state index contributed by atoms with van der Waals surface area (Å²) in [5.74, 6) is -0.510. The Balaban J connectivity index is 2.28. The second-order valence-corrected chi connectivity index (χ2v) is 6.91. The van der Waals surface area contributed by atoms with Crippen LogP contribution in [0.3, 0.4) is 0 Å². The van der Waals surface area contributed by atoms with Crippen LogP contribution < -0.4 is 0 Å². The fourth-order valence-corrected chi connectivity index (χ4v) is 3.26. The minimum atomic E-state index is -3.69. The molecular weight excluding hydrogens is 320 g/mol. The third-order valence-electron chi connectivity index (χ3n) is 3.24. The molecule has 2 aromatic rings. The van der Waals surface area contributed by atoms with Gasteiger partial charge in [-0.05, 0) is 31.2 Å². The monoisotopic (exact) mass is 334 g/mol. The largest absolute Gasteiger partial charge is 0.411 e. The minimum absolute atomic E-state index is 0.0829. The van der Waals surface area contributed by atoms with Gasteiger partial charge >= 0.3 is 0 Å². The van der Waals surface area contributed by atoms with Crippen LogP contribution in [0.25, 0.3) is 0 Å². The van der Waals surface area contributed by atoms with Gasteiger partial charge in [0.05, 0.1) is 9.82 Å². The van der Waals surface area contributed by atoms with Crippen LogP contribution in [0, 0.1) is 17.0 Å². The molecule has 0 unspecified atom stereocenters. The van der Waals surface area contributed by atoms with Crippen LogP contribution in [0.4, 0.5) is 5.69 Å². The first-order chi connectivity index (χ1) is 10.8. The maximum atomic E-state index is 12.4. The predicted molar refractivity (Wildman–Crippen MR) is 84.7 cm³/mol. The molecule has 0 aliphatic carbocycles. The van der Waals surface area contributed by atoms with E-state index >= 15 is 0 Å². The fourth-order valence-electron chi connectivity index (χ4n) is 1.95. The van der Waals surface area contributed by atoms with E-state index in [9.17, 15) is 18.5 Å². The normalized spacial score (nSPS) is 12.1. The molecule has 0 aromatic heterocycles. The summed E-state index contributed by atoms with van der Waals surface area (Å²) >= 11 is 0. The van der Waals surface area contributed by atoms with E-state index < -0.39 is 20.5 Å². The summed E-state index contributed by atoms with van der Waals surface area (Å²) in [5, 5.41) is 22.8. The molecule has 8 heteroatoms. The molecule has 23 heavy (non-hydrogen) atoms. The van der Waals surface area contributed by atoms with Crippen LogP contribution in [-0.2, 0) is 9.84 Å². The molecule has 120 valence electrons. The van der Waals surface area contributed by atoms with Crippen molar-refractivity contribution in [3.8, 4) is 0 Å². The zero-order valence-electron chi connectivity index (χ0n) is 12.2. The molecule has 0 atom stereocenters. The van der Waals surface area contributed by atoms with Gasteiger partial charge < -0.3 is 5.21 Å². The van der Waals surface area contributed by atoms with Crippen molar-refractivity contribution in [1.82, 2.24) is 0 Å². The maximum absolute atomic E-state index is 12.4. The van der Waals surface area contributed by atoms with Gasteiger partial charge in [-0.1, -0.05) is 22.9 Å². The lowest BCUT2D eigenvalue weighted by Crippen LogP contribution is -2.17. The van der Waals surface area contributed by atoms with Gasteiger partial charge in [-0.3, -0.25) is 10.1 Å². The van der Waals surface area contributed by atoms with Crippen molar-refractivity contribution in [2.24, 2.45) is 5.16 Å². The lowest BCUT2D eigenvalue weighted by Gasteiger charge is -2.07. The van der Waals surface area contributed by atoms with Crippen LogP contribution in [0.5, 0.6) is 0 Å². The van der Waals surface area contributed by atoms with E-state index in [-0.39, 0.29) is 16.3 Å². The highest BCUT2D eigenvalue weighted by molar-refractivity contribution is 7.92. The second kappa shape index (κ2) is 6.57. The third-order valence-corrected chi connectivity index (χ3v) is 4.88. The Morgan fingerprint density at radius 1 is 1.13 bits per heavy atom. The van der Waals surface area contributed by atoms with Crippen molar-refractivity contribution < 1.29 is 18.5 Å². The summed E-state index contributed by atoms with van der Waals surface area (Å²) < 4.78 is 24.7. The summed E-state index contributed by atoms with van der Waals surface area (Å²) in [6.45, 7) is 1.84. The number of nitro groups is 1. The number of oxime groups is 1. The minimum Gasteiger partial charge on any atom is -0.411 e. The summed E-state index contributed by atoms with van der Waals surface area (Å²) in [6, 6.07) is 11.4. The van der Waals surface area contributed by atoms with Crippen molar-refractivity contribution in [3.05, 3.63) is 69.8 Å². The van der Waals surface area contributed by atoms with E-state index in [1.807, 2.05) is 6.92 Å². The van der Waals surface area contributed by atoms with Gasteiger partial charge in [0.15, 0.2) is 9.84 Å². The third kappa shape index (κ3) is 3.92. The van der Waals surface area contributed by atoms with Gasteiger partial charge in [0.2, 0.25) is 0 Å². The molecule has 2 aromatic carbocycles. The first-order valence-corrected chi connectivity index (χ1v) is 8.24. The van der Waals surface area contributed by atoms with Crippen molar-refractivity contribution in [3.63, 3.8) is 0 Å². The zero-order chi connectivity index (χ0) is 17.0. The first kappa shape index (κ1) is 16.6. The maximum Gasteiger partial charge on any atom is 0.269 e. The Morgan fingerprint density at radius 3 is 2.17 bits per heavy atom. The van der Waals surface area contributed by atoms with Crippen LogP contribution >= 0.6 is 0 Å². The highest BCUT2D eigenvalue weighted by atomic mass is 32.2. The number of hydrogen-bond acceptors (Lipinski definition) is 6. The summed E-state index contributed by atoms with van der Waals surface area (Å²) in [7, 11) is -3.69. The van der Waals surface area contributed by atoms with E-state index in [2.05, 4.69) is 5.16 Å². The molecule has 0 fully saturated rings. The van der Waals surface area contributed by atoms with Crippen molar-refractivity contribution >= 4 is 21.2 Å². The van der Waals surface area contributed by atoms with Crippen molar-refractivity contribution in [1.29, 1.82) is 0 Å². The Labute approximate surface area is 133 Å². The number of sulfone groups is 1. The van der Waals surface area contributed by atoms with Crippen molar-refractivity contribution in [2.45, 2.75) is 11.8 Å². The molecule has 0 saturated heterocycles. The molecule has 0 saturated carbocycles. The first-order valence-electron chi connectivity index (χ1n) is 6.58. The quantitative estimate of drug-likeness (QED) is 0.391. The molecule has 0 aliphatic heterocycles. The summed E-state index contributed by atoms with van der Waals surface area (Å²) in [4.78, 5) is 10.2. The second-order valence-electron chi connectivity index (χ2n) is 4.92. The van der Waals surface area contributed by atoms with Crippen LogP contribution in [0.1, 0.15) is 11.1 Å². The van der Waals surface area contributed by atoms with Crippen molar-refractivity contribution in [2.75, 3.05) is 5.75 Å². The molecule has 0 heterocycles. The highest BCUT2D eigenvalue weighted by Gasteiger charge is 2.20. The Bertz CT molecular complexity index is 840. The van der Waals surface area contributed by atoms with Crippen LogP contribution in [-0.4, -0.2) is 30.0 Å². The number of benzene rings is 2. The van der Waals surface area contributed by atoms with Gasteiger partial charge in [0, 0.05) is 17.7 Å². The Morgan fingerprint density at radius 2 is 1.70 bits per heavy atom. The SMILES string of the molecule is Cc1ccc(S(=O)(=O)C/C(=N/O)c2ccc([N+](=O)[O-])cc2)cc1. The van der Waals surface area contributed by atoms with E-state index in [4.69, 9.17) is 5.21 Å². The topological polar surface area (TPSA) is 110 Å². The summed E-state index contributed by atoms with van der Waals surface area (Å²) in [6.07, 6.45) is 0. The van der Waals surface area contributed by atoms with Gasteiger partial charge in [0.25, 0.3) is 5.69 Å². The molecule has 1 N–H and O–H groups in total. The molecule has 0 spiro atoms. The van der Waals surface area contributed by atoms with Gasteiger partial charge in [-0.15, -0.1) is 0 Å². The van der Waals surface area contributed by atoms with Gasteiger partial charge in [0.1, 0.15) is 11.5 Å². The van der Waals surface area contributed by atoms with Gasteiger partial charge in [-0.2, -0.15) is 0 Å². The predicted octanol–water partition coefficient (Wildman–Crippen LogP) is 2.56. The smallest absolute Gasteiger partial charge is 0.269 e. The zero-order valence-corrected chi connectivity index (χ0v) is 13.0. The highest BCUT2D eigenvalue weighted by Crippen LogP contribution is 2.17. The Hall–Kier alpha value is -2.74. The fraction of sp³-hybridized carbons (Fsp3) is 0.133. The number of hydrogen-bond donors (Lipinski definition) is 1. The average Bonchev–Trinajstić information content (AvgIpc) is 2.53. The van der Waals surface area contributed by atoms with Gasteiger partial charge in [-0.25, -0.2) is 8.42 Å². The molecule has 2 rings (SSSR count). The van der Waals surface area contributed by atoms with E-state index in [0.29, 0.717) is 5.56 Å². The molecule has 0 aliphatic rings. The standard InChI is InChI=1S/C15H14N2O5S/c1-11-2-8-14(9-3-11)23(21,22)10-15(16-18)12-4-6-13(7-5-12)17(19)20/h2-9,18H,10H2,1H3/b16-15-. The number of aryl methyl sites for hydroxylation is 1. The average molecular weight is 334 g/mol. The lowest BCUT2D eigenvalue weighted by molar-refractivity contribution is -0.384. The number of rotatable bonds is 5. The molecule has 0 amide bonds. The van der Waals surface area contributed by atoms with Crippen LogP contribution in [0.15, 0.2) is 58.6 Å². The van der Waals surface area contributed by atoms with Crippen LogP contribution in [0.2, 0.25) is 0 Å². The number of non-ortho nitro benzene ring substituents is 1. The van der Waals surface area contributed by atoms with E-state index in [1.165, 1.54) is 36.4 Å².